The third-order valence-corrected chi connectivity index (χ3v) is 8.12. The molecule has 186 valence electrons. The SMILES string of the molecule is Cc1c(-c2cccc(OCc3ccccc3)c2)c2c(N)ncnc2n1[C@H]1CC[C@H](N2CCCC2)CC1. The summed E-state index contributed by atoms with van der Waals surface area (Å²) in [7, 11) is 0. The Morgan fingerprint density at radius 3 is 2.44 bits per heavy atom. The molecule has 2 N–H and O–H groups in total. The maximum Gasteiger partial charge on any atom is 0.146 e. The molecule has 0 spiro atoms. The van der Waals surface area contributed by atoms with Crippen LogP contribution in [0.1, 0.15) is 55.8 Å². The average Bonchev–Trinajstić information content (AvgIpc) is 3.55. The summed E-state index contributed by atoms with van der Waals surface area (Å²) in [5, 5.41) is 0.955. The Bertz CT molecular complexity index is 1330. The van der Waals surface area contributed by atoms with Crippen molar-refractivity contribution in [3.05, 3.63) is 72.2 Å². The number of nitrogens with two attached hydrogens (primary N) is 1. The normalized spacial score (nSPS) is 20.7. The van der Waals surface area contributed by atoms with Gasteiger partial charge in [0.05, 0.1) is 5.39 Å². The molecule has 2 fully saturated rings. The molecule has 6 heteroatoms. The molecule has 2 aromatic carbocycles. The fraction of sp³-hybridized carbons (Fsp3) is 0.400. The van der Waals surface area contributed by atoms with E-state index in [0.29, 0.717) is 18.5 Å². The van der Waals surface area contributed by atoms with Crippen LogP contribution in [0.25, 0.3) is 22.2 Å². The van der Waals surface area contributed by atoms with Gasteiger partial charge >= 0.3 is 0 Å². The van der Waals surface area contributed by atoms with Gasteiger partial charge in [0.1, 0.15) is 30.1 Å². The zero-order valence-corrected chi connectivity index (χ0v) is 21.1. The maximum absolute atomic E-state index is 6.48. The number of aromatic nitrogens is 3. The van der Waals surface area contributed by atoms with Gasteiger partial charge in [0, 0.05) is 23.3 Å². The fourth-order valence-corrected chi connectivity index (χ4v) is 6.34. The van der Waals surface area contributed by atoms with Crippen LogP contribution in [-0.4, -0.2) is 38.6 Å². The van der Waals surface area contributed by atoms with E-state index < -0.39 is 0 Å². The first-order valence-corrected chi connectivity index (χ1v) is 13.3. The Labute approximate surface area is 213 Å². The summed E-state index contributed by atoms with van der Waals surface area (Å²) in [6, 6.07) is 19.8. The molecular weight excluding hydrogens is 446 g/mol. The molecule has 3 heterocycles. The van der Waals surface area contributed by atoms with Crippen LogP contribution < -0.4 is 10.5 Å². The van der Waals surface area contributed by atoms with Crippen molar-refractivity contribution >= 4 is 16.9 Å². The van der Waals surface area contributed by atoms with E-state index in [0.717, 1.165) is 39.5 Å². The number of benzene rings is 2. The van der Waals surface area contributed by atoms with Gasteiger partial charge in [0.2, 0.25) is 0 Å². The second-order valence-corrected chi connectivity index (χ2v) is 10.3. The molecule has 0 amide bonds. The van der Waals surface area contributed by atoms with Crippen molar-refractivity contribution in [3.63, 3.8) is 0 Å². The van der Waals surface area contributed by atoms with E-state index in [-0.39, 0.29) is 0 Å². The first kappa shape index (κ1) is 23.0. The monoisotopic (exact) mass is 481 g/mol. The minimum absolute atomic E-state index is 0.437. The third kappa shape index (κ3) is 4.35. The van der Waals surface area contributed by atoms with E-state index in [1.165, 1.54) is 57.3 Å². The van der Waals surface area contributed by atoms with E-state index in [1.807, 2.05) is 24.3 Å². The molecule has 4 aromatic rings. The summed E-state index contributed by atoms with van der Waals surface area (Å²) < 4.78 is 8.59. The summed E-state index contributed by atoms with van der Waals surface area (Å²) in [5.74, 6) is 1.39. The average molecular weight is 482 g/mol. The van der Waals surface area contributed by atoms with Crippen LogP contribution in [0.3, 0.4) is 0 Å². The van der Waals surface area contributed by atoms with Crippen LogP contribution >= 0.6 is 0 Å². The van der Waals surface area contributed by atoms with Crippen LogP contribution in [0.5, 0.6) is 5.75 Å². The molecule has 1 aliphatic carbocycles. The van der Waals surface area contributed by atoms with Gasteiger partial charge < -0.3 is 19.9 Å². The molecule has 0 unspecified atom stereocenters. The molecule has 2 aliphatic rings. The summed E-state index contributed by atoms with van der Waals surface area (Å²) in [4.78, 5) is 11.8. The molecule has 36 heavy (non-hydrogen) atoms. The Kier molecular flexibility index (Phi) is 6.36. The van der Waals surface area contributed by atoms with Crippen LogP contribution in [0, 0.1) is 6.92 Å². The number of rotatable bonds is 6. The highest BCUT2D eigenvalue weighted by Crippen LogP contribution is 2.42. The molecule has 0 radical (unpaired) electrons. The lowest BCUT2D eigenvalue weighted by Crippen LogP contribution is -2.36. The number of anilines is 1. The van der Waals surface area contributed by atoms with Gasteiger partial charge in [-0.2, -0.15) is 0 Å². The van der Waals surface area contributed by atoms with Crippen LogP contribution in [0.4, 0.5) is 5.82 Å². The lowest BCUT2D eigenvalue weighted by atomic mass is 9.90. The second kappa shape index (κ2) is 9.94. The Balaban J connectivity index is 1.32. The van der Waals surface area contributed by atoms with Gasteiger partial charge in [-0.15, -0.1) is 0 Å². The number of nitrogens with zero attached hydrogens (tertiary/aromatic N) is 4. The van der Waals surface area contributed by atoms with E-state index >= 15 is 0 Å². The van der Waals surface area contributed by atoms with Crippen molar-refractivity contribution in [2.45, 2.75) is 64.1 Å². The molecule has 1 saturated heterocycles. The number of nitrogen functional groups attached to an aromatic ring is 1. The lowest BCUT2D eigenvalue weighted by molar-refractivity contribution is 0.167. The number of likely N-dealkylation sites (tertiary alicyclic amines) is 1. The van der Waals surface area contributed by atoms with E-state index in [2.05, 4.69) is 51.7 Å². The topological polar surface area (TPSA) is 69.2 Å². The zero-order chi connectivity index (χ0) is 24.5. The molecule has 0 atom stereocenters. The van der Waals surface area contributed by atoms with Crippen LogP contribution in [0.2, 0.25) is 0 Å². The van der Waals surface area contributed by atoms with Crippen LogP contribution in [-0.2, 0) is 6.61 Å². The second-order valence-electron chi connectivity index (χ2n) is 10.3. The zero-order valence-electron chi connectivity index (χ0n) is 21.1. The standard InChI is InChI=1S/C30H35N5O/c1-21-27(23-10-7-11-26(18-23)36-19-22-8-3-2-4-9-22)28-29(31)32-20-33-30(28)35(21)25-14-12-24(13-15-25)34-16-5-6-17-34/h2-4,7-11,18,20,24-25H,5-6,12-17,19H2,1H3,(H2,31,32,33)/t24-,25-. The number of hydrogen-bond acceptors (Lipinski definition) is 5. The first-order chi connectivity index (χ1) is 17.7. The number of hydrogen-bond donors (Lipinski definition) is 1. The summed E-state index contributed by atoms with van der Waals surface area (Å²) in [6.07, 6.45) is 9.17. The van der Waals surface area contributed by atoms with Crippen molar-refractivity contribution in [2.75, 3.05) is 18.8 Å². The Hall–Kier alpha value is -3.38. The molecule has 1 aliphatic heterocycles. The van der Waals surface area contributed by atoms with E-state index in [1.54, 1.807) is 6.33 Å². The van der Waals surface area contributed by atoms with Crippen molar-refractivity contribution in [2.24, 2.45) is 0 Å². The molecule has 2 aromatic heterocycles. The number of ether oxygens (including phenoxy) is 1. The van der Waals surface area contributed by atoms with Crippen molar-refractivity contribution < 1.29 is 4.74 Å². The molecule has 6 rings (SSSR count). The summed E-state index contributed by atoms with van der Waals surface area (Å²) in [6.45, 7) is 5.30. The predicted molar refractivity (Wildman–Crippen MR) is 145 cm³/mol. The Morgan fingerprint density at radius 2 is 1.67 bits per heavy atom. The quantitative estimate of drug-likeness (QED) is 0.358. The highest BCUT2D eigenvalue weighted by Gasteiger charge is 2.31. The van der Waals surface area contributed by atoms with Crippen LogP contribution in [0.15, 0.2) is 60.9 Å². The van der Waals surface area contributed by atoms with Gasteiger partial charge in [-0.25, -0.2) is 9.97 Å². The largest absolute Gasteiger partial charge is 0.489 e. The van der Waals surface area contributed by atoms with Gasteiger partial charge in [-0.3, -0.25) is 0 Å². The lowest BCUT2D eigenvalue weighted by Gasteiger charge is -2.35. The predicted octanol–water partition coefficient (Wildman–Crippen LogP) is 6.15. The summed E-state index contributed by atoms with van der Waals surface area (Å²) in [5.41, 5.74) is 12.0. The van der Waals surface area contributed by atoms with Gasteiger partial charge in [-0.1, -0.05) is 42.5 Å². The van der Waals surface area contributed by atoms with Crippen molar-refractivity contribution in [3.8, 4) is 16.9 Å². The van der Waals surface area contributed by atoms with Gasteiger partial charge in [0.25, 0.3) is 0 Å². The molecular formula is C30H35N5O. The Morgan fingerprint density at radius 1 is 0.917 bits per heavy atom. The van der Waals surface area contributed by atoms with Crippen molar-refractivity contribution in [1.29, 1.82) is 0 Å². The smallest absolute Gasteiger partial charge is 0.146 e. The first-order valence-electron chi connectivity index (χ1n) is 13.3. The molecule has 6 nitrogen and oxygen atoms in total. The van der Waals surface area contributed by atoms with Crippen molar-refractivity contribution in [1.82, 2.24) is 19.4 Å². The number of fused-ring (bicyclic) bond motifs is 1. The summed E-state index contributed by atoms with van der Waals surface area (Å²) >= 11 is 0. The van der Waals surface area contributed by atoms with Gasteiger partial charge in [0.15, 0.2) is 0 Å². The maximum atomic E-state index is 6.48. The highest BCUT2D eigenvalue weighted by molar-refractivity contribution is 6.02. The molecule has 1 saturated carbocycles. The fourth-order valence-electron chi connectivity index (χ4n) is 6.34. The minimum atomic E-state index is 0.437. The minimum Gasteiger partial charge on any atom is -0.489 e. The van der Waals surface area contributed by atoms with Gasteiger partial charge in [-0.05, 0) is 81.8 Å². The van der Waals surface area contributed by atoms with E-state index in [9.17, 15) is 0 Å². The highest BCUT2D eigenvalue weighted by atomic mass is 16.5. The molecule has 0 bridgehead atoms. The third-order valence-electron chi connectivity index (χ3n) is 8.12. The van der Waals surface area contributed by atoms with E-state index in [4.69, 9.17) is 15.5 Å².